The zero-order chi connectivity index (χ0) is 19.0. The van der Waals surface area contributed by atoms with E-state index in [1.54, 1.807) is 31.4 Å². The van der Waals surface area contributed by atoms with Crippen LogP contribution < -0.4 is 15.0 Å². The minimum Gasteiger partial charge on any atom is -0.497 e. The van der Waals surface area contributed by atoms with E-state index in [2.05, 4.69) is 18.3 Å². The molecule has 1 atom stereocenters. The van der Waals surface area contributed by atoms with Crippen molar-refractivity contribution in [3.63, 3.8) is 0 Å². The number of amides is 2. The Labute approximate surface area is 159 Å². The number of carbonyl (C=O) groups excluding carboxylic acids is 2. The van der Waals surface area contributed by atoms with Gasteiger partial charge in [0.15, 0.2) is 0 Å². The van der Waals surface area contributed by atoms with Crippen molar-refractivity contribution in [2.24, 2.45) is 5.92 Å². The van der Waals surface area contributed by atoms with E-state index >= 15 is 0 Å². The predicted molar refractivity (Wildman–Crippen MR) is 104 cm³/mol. The number of methoxy groups -OCH3 is 1. The second-order valence-corrected chi connectivity index (χ2v) is 7.41. The van der Waals surface area contributed by atoms with Crippen LogP contribution in [-0.4, -0.2) is 25.0 Å². The van der Waals surface area contributed by atoms with Crippen molar-refractivity contribution < 1.29 is 14.3 Å². The van der Waals surface area contributed by atoms with Gasteiger partial charge in [0.2, 0.25) is 5.91 Å². The largest absolute Gasteiger partial charge is 0.497 e. The van der Waals surface area contributed by atoms with E-state index in [0.29, 0.717) is 12.1 Å². The summed E-state index contributed by atoms with van der Waals surface area (Å²) in [5.74, 6) is 1.06. The summed E-state index contributed by atoms with van der Waals surface area (Å²) in [4.78, 5) is 26.9. The first kappa shape index (κ1) is 17.6. The van der Waals surface area contributed by atoms with E-state index in [-0.39, 0.29) is 23.8 Å². The molecule has 2 aromatic carbocycles. The summed E-state index contributed by atoms with van der Waals surface area (Å²) in [6, 6.07) is 13.5. The Morgan fingerprint density at radius 1 is 1.15 bits per heavy atom. The number of rotatable bonds is 5. The zero-order valence-corrected chi connectivity index (χ0v) is 15.7. The highest BCUT2D eigenvalue weighted by Gasteiger charge is 2.32. The van der Waals surface area contributed by atoms with Gasteiger partial charge < -0.3 is 15.0 Å². The highest BCUT2D eigenvalue weighted by Crippen LogP contribution is 2.34. The van der Waals surface area contributed by atoms with Crippen LogP contribution in [0, 0.1) is 5.92 Å². The van der Waals surface area contributed by atoms with Crippen LogP contribution in [0.2, 0.25) is 0 Å². The second kappa shape index (κ2) is 7.06. The second-order valence-electron chi connectivity index (χ2n) is 7.41. The maximum absolute atomic E-state index is 13.1. The third-order valence-corrected chi connectivity index (χ3v) is 5.34. The Morgan fingerprint density at radius 3 is 2.56 bits per heavy atom. The van der Waals surface area contributed by atoms with Crippen LogP contribution in [0.15, 0.2) is 42.5 Å². The summed E-state index contributed by atoms with van der Waals surface area (Å²) in [6.07, 6.45) is 2.83. The van der Waals surface area contributed by atoms with Crippen LogP contribution in [0.25, 0.3) is 0 Å². The molecule has 1 heterocycles. The number of anilines is 1. The lowest BCUT2D eigenvalue weighted by atomic mass is 10.1. The lowest BCUT2D eigenvalue weighted by Gasteiger charge is -2.23. The number of nitrogens with one attached hydrogen (secondary N) is 1. The molecule has 5 heteroatoms. The number of benzene rings is 2. The fraction of sp³-hybridized carbons (Fsp3) is 0.364. The molecule has 0 aromatic heterocycles. The van der Waals surface area contributed by atoms with Gasteiger partial charge in [0.25, 0.3) is 5.91 Å². The Morgan fingerprint density at radius 2 is 1.89 bits per heavy atom. The molecule has 5 nitrogen and oxygen atoms in total. The van der Waals surface area contributed by atoms with Crippen molar-refractivity contribution in [2.45, 2.75) is 38.8 Å². The van der Waals surface area contributed by atoms with Crippen LogP contribution in [-0.2, 0) is 17.8 Å². The van der Waals surface area contributed by atoms with Gasteiger partial charge in [-0.25, -0.2) is 0 Å². The number of hydrogen-bond acceptors (Lipinski definition) is 3. The third-order valence-electron chi connectivity index (χ3n) is 5.34. The van der Waals surface area contributed by atoms with Crippen molar-refractivity contribution in [3.05, 3.63) is 59.2 Å². The minimum absolute atomic E-state index is 0.0110. The summed E-state index contributed by atoms with van der Waals surface area (Å²) >= 11 is 0. The molecule has 0 bridgehead atoms. The molecule has 2 aromatic rings. The Balaban J connectivity index is 1.54. The van der Waals surface area contributed by atoms with Gasteiger partial charge in [-0.3, -0.25) is 9.59 Å². The molecule has 0 spiro atoms. The number of nitrogens with zero attached hydrogens (tertiary/aromatic N) is 1. The van der Waals surface area contributed by atoms with Gasteiger partial charge in [-0.05, 0) is 67.6 Å². The molecule has 27 heavy (non-hydrogen) atoms. The van der Waals surface area contributed by atoms with E-state index in [1.807, 2.05) is 17.0 Å². The standard InChI is InChI=1S/C22H24N2O3/c1-14-11-18-4-3-15(13-23-21(25)16-5-6-16)12-20(18)24(14)22(26)17-7-9-19(27-2)10-8-17/h3-4,7-10,12,14,16H,5-6,11,13H2,1-2H3,(H,23,25). The van der Waals surface area contributed by atoms with Crippen molar-refractivity contribution in [2.75, 3.05) is 12.0 Å². The van der Waals surface area contributed by atoms with Gasteiger partial charge in [-0.15, -0.1) is 0 Å². The molecule has 0 saturated heterocycles. The maximum atomic E-state index is 13.1. The van der Waals surface area contributed by atoms with Crippen LogP contribution >= 0.6 is 0 Å². The minimum atomic E-state index is -0.0110. The fourth-order valence-electron chi connectivity index (χ4n) is 3.62. The van der Waals surface area contributed by atoms with Gasteiger partial charge in [-0.2, -0.15) is 0 Å². The molecular weight excluding hydrogens is 340 g/mol. The summed E-state index contributed by atoms with van der Waals surface area (Å²) in [5.41, 5.74) is 3.77. The highest BCUT2D eigenvalue weighted by atomic mass is 16.5. The van der Waals surface area contributed by atoms with Gasteiger partial charge in [0, 0.05) is 29.8 Å². The highest BCUT2D eigenvalue weighted by molar-refractivity contribution is 6.07. The van der Waals surface area contributed by atoms with Gasteiger partial charge in [-0.1, -0.05) is 12.1 Å². The van der Waals surface area contributed by atoms with E-state index < -0.39 is 0 Å². The third kappa shape index (κ3) is 3.54. The van der Waals surface area contributed by atoms with Gasteiger partial charge in [0.1, 0.15) is 5.75 Å². The maximum Gasteiger partial charge on any atom is 0.258 e. The van der Waals surface area contributed by atoms with E-state index in [1.165, 1.54) is 5.56 Å². The molecule has 0 radical (unpaired) electrons. The van der Waals surface area contributed by atoms with Crippen LogP contribution in [0.1, 0.15) is 41.3 Å². The molecule has 1 unspecified atom stereocenters. The van der Waals surface area contributed by atoms with Crippen LogP contribution in [0.3, 0.4) is 0 Å². The first-order chi connectivity index (χ1) is 13.1. The lowest BCUT2D eigenvalue weighted by molar-refractivity contribution is -0.122. The molecule has 2 amide bonds. The Bertz CT molecular complexity index is 872. The Hall–Kier alpha value is -2.82. The molecule has 140 valence electrons. The fourth-order valence-corrected chi connectivity index (χ4v) is 3.62. The summed E-state index contributed by atoms with van der Waals surface area (Å²) in [7, 11) is 1.61. The van der Waals surface area contributed by atoms with Gasteiger partial charge in [0.05, 0.1) is 7.11 Å². The molecule has 1 aliphatic carbocycles. The summed E-state index contributed by atoms with van der Waals surface area (Å²) in [5, 5.41) is 3.00. The molecule has 1 N–H and O–H groups in total. The molecule has 1 fully saturated rings. The molecule has 4 rings (SSSR count). The zero-order valence-electron chi connectivity index (χ0n) is 15.7. The van der Waals surface area contributed by atoms with Crippen molar-refractivity contribution in [3.8, 4) is 5.75 Å². The monoisotopic (exact) mass is 364 g/mol. The lowest BCUT2D eigenvalue weighted by Crippen LogP contribution is -2.35. The number of hydrogen-bond donors (Lipinski definition) is 1. The summed E-state index contributed by atoms with van der Waals surface area (Å²) < 4.78 is 5.18. The SMILES string of the molecule is COc1ccc(C(=O)N2c3cc(CNC(=O)C4CC4)ccc3CC2C)cc1. The number of ether oxygens (including phenoxy) is 1. The quantitative estimate of drug-likeness (QED) is 0.885. The molecule has 1 aliphatic heterocycles. The van der Waals surface area contributed by atoms with Crippen molar-refractivity contribution in [1.29, 1.82) is 0 Å². The average Bonchev–Trinajstić information content (AvgIpc) is 3.48. The van der Waals surface area contributed by atoms with Crippen molar-refractivity contribution in [1.82, 2.24) is 5.32 Å². The normalized spacial score (nSPS) is 18.1. The van der Waals surface area contributed by atoms with E-state index in [0.717, 1.165) is 36.3 Å². The van der Waals surface area contributed by atoms with Crippen LogP contribution in [0.4, 0.5) is 5.69 Å². The number of carbonyl (C=O) groups is 2. The van der Waals surface area contributed by atoms with Crippen molar-refractivity contribution >= 4 is 17.5 Å². The van der Waals surface area contributed by atoms with Gasteiger partial charge >= 0.3 is 0 Å². The molecular formula is C22H24N2O3. The molecule has 2 aliphatic rings. The molecule has 1 saturated carbocycles. The average molecular weight is 364 g/mol. The first-order valence-electron chi connectivity index (χ1n) is 9.44. The van der Waals surface area contributed by atoms with E-state index in [9.17, 15) is 9.59 Å². The smallest absolute Gasteiger partial charge is 0.258 e. The van der Waals surface area contributed by atoms with Crippen LogP contribution in [0.5, 0.6) is 5.75 Å². The number of fused-ring (bicyclic) bond motifs is 1. The topological polar surface area (TPSA) is 58.6 Å². The predicted octanol–water partition coefficient (Wildman–Crippen LogP) is 3.31. The first-order valence-corrected chi connectivity index (χ1v) is 9.44. The van der Waals surface area contributed by atoms with E-state index in [4.69, 9.17) is 4.74 Å². The Kier molecular flexibility index (Phi) is 4.60. The summed E-state index contributed by atoms with van der Waals surface area (Å²) in [6.45, 7) is 2.57.